The van der Waals surface area contributed by atoms with Gasteiger partial charge in [0.05, 0.1) is 6.54 Å². The number of nitrogens with one attached hydrogen (secondary N) is 1. The molecule has 0 fully saturated rings. The fraction of sp³-hybridized carbons (Fsp3) is 0.929. The van der Waals surface area contributed by atoms with E-state index in [-0.39, 0.29) is 17.5 Å². The van der Waals surface area contributed by atoms with Crippen LogP contribution in [0.4, 0.5) is 0 Å². The molecule has 0 aromatic carbocycles. The Kier molecular flexibility index (Phi) is 8.20. The molecular formula is C14H31N3O. The summed E-state index contributed by atoms with van der Waals surface area (Å²) < 4.78 is 0. The Bertz CT molecular complexity index is 239. The molecule has 0 aromatic heterocycles. The zero-order valence-electron chi connectivity index (χ0n) is 12.8. The molecule has 4 heteroatoms. The van der Waals surface area contributed by atoms with E-state index < -0.39 is 0 Å². The highest BCUT2D eigenvalue weighted by Crippen LogP contribution is 2.17. The molecule has 3 N–H and O–H groups in total. The van der Waals surface area contributed by atoms with Crippen LogP contribution in [0.25, 0.3) is 0 Å². The molecule has 18 heavy (non-hydrogen) atoms. The first kappa shape index (κ1) is 17.4. The zero-order valence-corrected chi connectivity index (χ0v) is 12.8. The van der Waals surface area contributed by atoms with Crippen LogP contribution >= 0.6 is 0 Å². The predicted octanol–water partition coefficient (Wildman–Crippen LogP) is 1.74. The van der Waals surface area contributed by atoms with E-state index in [0.717, 1.165) is 25.8 Å². The number of hydrogen-bond acceptors (Lipinski definition) is 3. The molecule has 0 rings (SSSR count). The summed E-state index contributed by atoms with van der Waals surface area (Å²) >= 11 is 0. The fourth-order valence-corrected chi connectivity index (χ4v) is 2.18. The number of carbonyl (C=O) groups excluding carboxylic acids is 1. The van der Waals surface area contributed by atoms with Crippen molar-refractivity contribution in [1.82, 2.24) is 10.2 Å². The highest BCUT2D eigenvalue weighted by Gasteiger charge is 2.28. The molecule has 0 aliphatic heterocycles. The van der Waals surface area contributed by atoms with Gasteiger partial charge in [-0.25, -0.2) is 0 Å². The van der Waals surface area contributed by atoms with Crippen LogP contribution in [-0.2, 0) is 4.79 Å². The van der Waals surface area contributed by atoms with E-state index in [9.17, 15) is 4.79 Å². The van der Waals surface area contributed by atoms with Crippen molar-refractivity contribution in [2.75, 3.05) is 19.6 Å². The second-order valence-electron chi connectivity index (χ2n) is 5.33. The third kappa shape index (κ3) is 5.36. The second kappa shape index (κ2) is 8.48. The van der Waals surface area contributed by atoms with Crippen molar-refractivity contribution in [1.29, 1.82) is 0 Å². The molecule has 0 radical (unpaired) electrons. The lowest BCUT2D eigenvalue weighted by molar-refractivity contribution is -0.124. The van der Waals surface area contributed by atoms with Gasteiger partial charge in [0, 0.05) is 18.1 Å². The monoisotopic (exact) mass is 257 g/mol. The van der Waals surface area contributed by atoms with Gasteiger partial charge in [0.2, 0.25) is 5.91 Å². The maximum absolute atomic E-state index is 12.0. The summed E-state index contributed by atoms with van der Waals surface area (Å²) in [6.45, 7) is 12.4. The van der Waals surface area contributed by atoms with Gasteiger partial charge in [-0.15, -0.1) is 0 Å². The number of likely N-dealkylation sites (N-methyl/N-ethyl adjacent to an activating group) is 1. The Balaban J connectivity index is 4.40. The SMILES string of the molecule is CCCC(C)NC(=O)CN(CC)C(C)(CC)CN. The Hall–Kier alpha value is -0.610. The Labute approximate surface area is 112 Å². The van der Waals surface area contributed by atoms with E-state index >= 15 is 0 Å². The number of hydrogen-bond donors (Lipinski definition) is 2. The molecular weight excluding hydrogens is 226 g/mol. The molecule has 0 aliphatic rings. The summed E-state index contributed by atoms with van der Waals surface area (Å²) in [5, 5.41) is 3.04. The van der Waals surface area contributed by atoms with Crippen molar-refractivity contribution in [2.24, 2.45) is 5.73 Å². The molecule has 0 saturated carbocycles. The molecule has 0 heterocycles. The average Bonchev–Trinajstić information content (AvgIpc) is 2.35. The Morgan fingerprint density at radius 3 is 2.39 bits per heavy atom. The summed E-state index contributed by atoms with van der Waals surface area (Å²) in [6.07, 6.45) is 3.07. The van der Waals surface area contributed by atoms with Gasteiger partial charge >= 0.3 is 0 Å². The van der Waals surface area contributed by atoms with E-state index in [4.69, 9.17) is 5.73 Å². The maximum atomic E-state index is 12.0. The number of nitrogens with two attached hydrogens (primary N) is 1. The van der Waals surface area contributed by atoms with Crippen molar-refractivity contribution < 1.29 is 4.79 Å². The molecule has 0 saturated heterocycles. The Morgan fingerprint density at radius 1 is 1.39 bits per heavy atom. The van der Waals surface area contributed by atoms with Gasteiger partial charge in [0.15, 0.2) is 0 Å². The fourth-order valence-electron chi connectivity index (χ4n) is 2.18. The molecule has 1 amide bonds. The summed E-state index contributed by atoms with van der Waals surface area (Å²) in [4.78, 5) is 14.2. The minimum atomic E-state index is -0.0832. The quantitative estimate of drug-likeness (QED) is 0.661. The third-order valence-corrected chi connectivity index (χ3v) is 3.81. The van der Waals surface area contributed by atoms with Crippen LogP contribution in [0.2, 0.25) is 0 Å². The zero-order chi connectivity index (χ0) is 14.2. The third-order valence-electron chi connectivity index (χ3n) is 3.81. The molecule has 0 bridgehead atoms. The van der Waals surface area contributed by atoms with Gasteiger partial charge in [0.25, 0.3) is 0 Å². The van der Waals surface area contributed by atoms with E-state index in [1.54, 1.807) is 0 Å². The van der Waals surface area contributed by atoms with Crippen LogP contribution in [0.15, 0.2) is 0 Å². The first-order chi connectivity index (χ1) is 8.43. The Morgan fingerprint density at radius 2 is 2.00 bits per heavy atom. The first-order valence-electron chi connectivity index (χ1n) is 7.17. The van der Waals surface area contributed by atoms with Crippen LogP contribution < -0.4 is 11.1 Å². The van der Waals surface area contributed by atoms with E-state index in [1.165, 1.54) is 0 Å². The van der Waals surface area contributed by atoms with Crippen LogP contribution in [0.5, 0.6) is 0 Å². The van der Waals surface area contributed by atoms with Crippen LogP contribution in [0.1, 0.15) is 53.9 Å². The van der Waals surface area contributed by atoms with Crippen molar-refractivity contribution in [2.45, 2.75) is 65.5 Å². The minimum absolute atomic E-state index is 0.0832. The highest BCUT2D eigenvalue weighted by atomic mass is 16.2. The lowest BCUT2D eigenvalue weighted by Crippen LogP contribution is -2.54. The topological polar surface area (TPSA) is 58.4 Å². The van der Waals surface area contributed by atoms with Crippen LogP contribution in [-0.4, -0.2) is 42.0 Å². The maximum Gasteiger partial charge on any atom is 0.234 e. The summed E-state index contributed by atoms with van der Waals surface area (Å²) in [6, 6.07) is 0.256. The van der Waals surface area contributed by atoms with Gasteiger partial charge in [-0.1, -0.05) is 27.2 Å². The molecule has 2 unspecified atom stereocenters. The van der Waals surface area contributed by atoms with Crippen LogP contribution in [0, 0.1) is 0 Å². The van der Waals surface area contributed by atoms with Crippen LogP contribution in [0.3, 0.4) is 0 Å². The van der Waals surface area contributed by atoms with Gasteiger partial charge in [-0.2, -0.15) is 0 Å². The number of nitrogens with zero attached hydrogens (tertiary/aromatic N) is 1. The summed E-state index contributed by atoms with van der Waals surface area (Å²) in [5.41, 5.74) is 5.76. The molecule has 4 nitrogen and oxygen atoms in total. The predicted molar refractivity (Wildman–Crippen MR) is 77.5 cm³/mol. The lowest BCUT2D eigenvalue weighted by atomic mass is 9.96. The minimum Gasteiger partial charge on any atom is -0.353 e. The molecule has 0 spiro atoms. The first-order valence-corrected chi connectivity index (χ1v) is 7.17. The molecule has 2 atom stereocenters. The van der Waals surface area contributed by atoms with Crippen molar-refractivity contribution in [3.63, 3.8) is 0 Å². The van der Waals surface area contributed by atoms with Gasteiger partial charge in [0.1, 0.15) is 0 Å². The summed E-state index contributed by atoms with van der Waals surface area (Å²) in [5.74, 6) is 0.103. The van der Waals surface area contributed by atoms with Gasteiger partial charge in [-0.3, -0.25) is 9.69 Å². The van der Waals surface area contributed by atoms with Gasteiger partial charge in [-0.05, 0) is 33.2 Å². The summed E-state index contributed by atoms with van der Waals surface area (Å²) in [7, 11) is 0. The number of rotatable bonds is 9. The molecule has 0 aliphatic carbocycles. The number of carbonyl (C=O) groups is 1. The normalized spacial score (nSPS) is 16.4. The van der Waals surface area contributed by atoms with Crippen molar-refractivity contribution in [3.8, 4) is 0 Å². The van der Waals surface area contributed by atoms with Crippen molar-refractivity contribution >= 4 is 5.91 Å². The van der Waals surface area contributed by atoms with E-state index in [2.05, 4.69) is 44.8 Å². The van der Waals surface area contributed by atoms with Gasteiger partial charge < -0.3 is 11.1 Å². The van der Waals surface area contributed by atoms with E-state index in [0.29, 0.717) is 13.1 Å². The molecule has 108 valence electrons. The second-order valence-corrected chi connectivity index (χ2v) is 5.33. The standard InChI is InChI=1S/C14H31N3O/c1-6-9-12(4)16-13(18)10-17(8-3)14(5,7-2)11-15/h12H,6-11,15H2,1-5H3,(H,16,18). The smallest absolute Gasteiger partial charge is 0.234 e. The lowest BCUT2D eigenvalue weighted by Gasteiger charge is -2.39. The largest absolute Gasteiger partial charge is 0.353 e. The highest BCUT2D eigenvalue weighted by molar-refractivity contribution is 5.78. The number of amides is 1. The van der Waals surface area contributed by atoms with E-state index in [1.807, 2.05) is 0 Å². The molecule has 0 aromatic rings. The average molecular weight is 257 g/mol. The van der Waals surface area contributed by atoms with Crippen molar-refractivity contribution in [3.05, 3.63) is 0 Å².